The summed E-state index contributed by atoms with van der Waals surface area (Å²) in [6.45, 7) is 5.38. The number of hydrogen-bond donors (Lipinski definition) is 0. The predicted molar refractivity (Wildman–Crippen MR) is 110 cm³/mol. The molecule has 4 heterocycles. The molecule has 8 heteroatoms. The van der Waals surface area contributed by atoms with Crippen molar-refractivity contribution in [2.24, 2.45) is 0 Å². The second-order valence-electron chi connectivity index (χ2n) is 7.78. The maximum atomic E-state index is 11.8. The van der Waals surface area contributed by atoms with Crippen molar-refractivity contribution in [2.75, 3.05) is 19.7 Å². The first kappa shape index (κ1) is 19.4. The molecule has 2 aliphatic rings. The smallest absolute Gasteiger partial charge is 0.338 e. The van der Waals surface area contributed by atoms with E-state index in [0.717, 1.165) is 47.6 Å². The molecule has 0 amide bonds. The number of benzene rings is 1. The van der Waals surface area contributed by atoms with Gasteiger partial charge in [-0.25, -0.2) is 14.5 Å². The molecule has 2 aliphatic heterocycles. The van der Waals surface area contributed by atoms with E-state index in [1.807, 2.05) is 43.6 Å². The fourth-order valence-electron chi connectivity index (χ4n) is 4.18. The van der Waals surface area contributed by atoms with Crippen molar-refractivity contribution in [3.8, 4) is 11.8 Å². The molecular formula is C23H21N5O3. The first-order valence-corrected chi connectivity index (χ1v) is 10.2. The third-order valence-electron chi connectivity index (χ3n) is 5.87. The summed E-state index contributed by atoms with van der Waals surface area (Å²) < 4.78 is 13.0. The first-order chi connectivity index (χ1) is 15.1. The minimum Gasteiger partial charge on any atom is -0.457 e. The average Bonchev–Trinajstić information content (AvgIpc) is 3.42. The van der Waals surface area contributed by atoms with Crippen LogP contribution in [0.3, 0.4) is 0 Å². The van der Waals surface area contributed by atoms with Crippen LogP contribution in [0, 0.1) is 18.3 Å². The van der Waals surface area contributed by atoms with Crippen molar-refractivity contribution in [3.63, 3.8) is 0 Å². The standard InChI is InChI=1S/C23H21N5O3/c1-15-19(4-5-20-21(15)14-31-23(20)29)22-13-27(6-7-30-22)11-16-9-26-28(12-16)18-3-2-17(8-24)25-10-18/h2-5,9-10,12,22H,6-7,11,13-14H2,1H3. The Kier molecular flexibility index (Phi) is 4.98. The Morgan fingerprint density at radius 2 is 2.16 bits per heavy atom. The second-order valence-corrected chi connectivity index (χ2v) is 7.78. The SMILES string of the molecule is Cc1c(C2CN(Cc3cnn(-c4ccc(C#N)nc4)c3)CCO2)ccc2c1COC2=O. The van der Waals surface area contributed by atoms with E-state index in [2.05, 4.69) is 15.0 Å². The minimum absolute atomic E-state index is 0.0486. The Morgan fingerprint density at radius 3 is 2.97 bits per heavy atom. The second kappa shape index (κ2) is 7.95. The van der Waals surface area contributed by atoms with Gasteiger partial charge in [0, 0.05) is 37.0 Å². The highest BCUT2D eigenvalue weighted by Crippen LogP contribution is 2.32. The Labute approximate surface area is 179 Å². The van der Waals surface area contributed by atoms with Crippen LogP contribution in [0.5, 0.6) is 0 Å². The van der Waals surface area contributed by atoms with E-state index in [9.17, 15) is 4.79 Å². The maximum Gasteiger partial charge on any atom is 0.338 e. The number of cyclic esters (lactones) is 1. The van der Waals surface area contributed by atoms with E-state index in [4.69, 9.17) is 14.7 Å². The number of ether oxygens (including phenoxy) is 2. The number of aromatic nitrogens is 3. The van der Waals surface area contributed by atoms with Crippen molar-refractivity contribution in [2.45, 2.75) is 26.2 Å². The number of carbonyl (C=O) groups excluding carboxylic acids is 1. The van der Waals surface area contributed by atoms with Gasteiger partial charge in [-0.3, -0.25) is 4.90 Å². The Balaban J connectivity index is 1.29. The number of morpholine rings is 1. The van der Waals surface area contributed by atoms with Crippen LogP contribution in [0.25, 0.3) is 5.69 Å². The highest BCUT2D eigenvalue weighted by molar-refractivity contribution is 5.93. The zero-order valence-corrected chi connectivity index (χ0v) is 17.1. The molecule has 31 heavy (non-hydrogen) atoms. The van der Waals surface area contributed by atoms with Gasteiger partial charge in [-0.05, 0) is 36.2 Å². The van der Waals surface area contributed by atoms with Gasteiger partial charge < -0.3 is 9.47 Å². The van der Waals surface area contributed by atoms with Crippen LogP contribution in [0.2, 0.25) is 0 Å². The third kappa shape index (κ3) is 3.69. The molecule has 0 spiro atoms. The Bertz CT molecular complexity index is 1180. The molecule has 8 nitrogen and oxygen atoms in total. The van der Waals surface area contributed by atoms with Crippen molar-refractivity contribution in [1.82, 2.24) is 19.7 Å². The van der Waals surface area contributed by atoms with Gasteiger partial charge in [-0.15, -0.1) is 0 Å². The van der Waals surface area contributed by atoms with Crippen LogP contribution >= 0.6 is 0 Å². The Morgan fingerprint density at radius 1 is 1.26 bits per heavy atom. The van der Waals surface area contributed by atoms with E-state index in [-0.39, 0.29) is 12.1 Å². The molecule has 5 rings (SSSR count). The summed E-state index contributed by atoms with van der Waals surface area (Å²) in [5.41, 5.74) is 6.12. The monoisotopic (exact) mass is 415 g/mol. The van der Waals surface area contributed by atoms with E-state index in [1.54, 1.807) is 16.9 Å². The number of carbonyl (C=O) groups is 1. The summed E-state index contributed by atoms with van der Waals surface area (Å²) in [5, 5.41) is 13.3. The van der Waals surface area contributed by atoms with Gasteiger partial charge in [0.1, 0.15) is 18.4 Å². The van der Waals surface area contributed by atoms with Gasteiger partial charge in [0.2, 0.25) is 0 Å². The summed E-state index contributed by atoms with van der Waals surface area (Å²) in [6, 6.07) is 9.38. The normalized spacial score (nSPS) is 18.5. The lowest BCUT2D eigenvalue weighted by atomic mass is 9.94. The highest BCUT2D eigenvalue weighted by atomic mass is 16.5. The summed E-state index contributed by atoms with van der Waals surface area (Å²) >= 11 is 0. The molecule has 1 atom stereocenters. The molecule has 1 unspecified atom stereocenters. The van der Waals surface area contributed by atoms with Crippen LogP contribution in [-0.2, 0) is 22.6 Å². The van der Waals surface area contributed by atoms with Crippen molar-refractivity contribution >= 4 is 5.97 Å². The summed E-state index contributed by atoms with van der Waals surface area (Å²) in [5.74, 6) is -0.245. The number of esters is 1. The minimum atomic E-state index is -0.245. The van der Waals surface area contributed by atoms with Gasteiger partial charge in [0.05, 0.1) is 36.4 Å². The fourth-order valence-corrected chi connectivity index (χ4v) is 4.18. The zero-order chi connectivity index (χ0) is 21.4. The molecular weight excluding hydrogens is 394 g/mol. The lowest BCUT2D eigenvalue weighted by Crippen LogP contribution is -2.38. The fraction of sp³-hybridized carbons (Fsp3) is 0.304. The number of fused-ring (bicyclic) bond motifs is 1. The van der Waals surface area contributed by atoms with Gasteiger partial charge >= 0.3 is 5.97 Å². The lowest BCUT2D eigenvalue weighted by molar-refractivity contribution is -0.0332. The quantitative estimate of drug-likeness (QED) is 0.605. The van der Waals surface area contributed by atoms with Crippen LogP contribution < -0.4 is 0 Å². The summed E-state index contributed by atoms with van der Waals surface area (Å²) in [6.07, 6.45) is 5.43. The number of nitrogens with zero attached hydrogens (tertiary/aromatic N) is 5. The lowest BCUT2D eigenvalue weighted by Gasteiger charge is -2.33. The van der Waals surface area contributed by atoms with Gasteiger partial charge in [-0.2, -0.15) is 10.4 Å². The molecule has 0 radical (unpaired) electrons. The number of pyridine rings is 1. The predicted octanol–water partition coefficient (Wildman–Crippen LogP) is 2.69. The van der Waals surface area contributed by atoms with Crippen LogP contribution in [-0.4, -0.2) is 45.3 Å². The van der Waals surface area contributed by atoms with E-state index in [0.29, 0.717) is 24.5 Å². The van der Waals surface area contributed by atoms with E-state index >= 15 is 0 Å². The number of hydrogen-bond acceptors (Lipinski definition) is 7. The molecule has 0 saturated carbocycles. The van der Waals surface area contributed by atoms with E-state index in [1.165, 1.54) is 0 Å². The molecule has 156 valence electrons. The molecule has 0 aliphatic carbocycles. The Hall–Kier alpha value is -3.54. The molecule has 2 aromatic heterocycles. The van der Waals surface area contributed by atoms with Crippen LogP contribution in [0.15, 0.2) is 42.9 Å². The topological polar surface area (TPSA) is 93.3 Å². The highest BCUT2D eigenvalue weighted by Gasteiger charge is 2.29. The molecule has 0 bridgehead atoms. The molecule has 1 saturated heterocycles. The van der Waals surface area contributed by atoms with Gasteiger partial charge in [-0.1, -0.05) is 6.07 Å². The molecule has 0 N–H and O–H groups in total. The third-order valence-corrected chi connectivity index (χ3v) is 5.87. The van der Waals surface area contributed by atoms with Crippen LogP contribution in [0.4, 0.5) is 0 Å². The molecule has 1 fully saturated rings. The van der Waals surface area contributed by atoms with Crippen molar-refractivity contribution < 1.29 is 14.3 Å². The molecule has 3 aromatic rings. The van der Waals surface area contributed by atoms with Crippen molar-refractivity contribution in [3.05, 3.63) is 76.4 Å². The summed E-state index contributed by atoms with van der Waals surface area (Å²) in [7, 11) is 0. The first-order valence-electron chi connectivity index (χ1n) is 10.2. The average molecular weight is 415 g/mol. The number of rotatable bonds is 4. The number of nitriles is 1. The van der Waals surface area contributed by atoms with Crippen LogP contribution in [0.1, 0.15) is 44.4 Å². The van der Waals surface area contributed by atoms with E-state index < -0.39 is 0 Å². The van der Waals surface area contributed by atoms with Crippen molar-refractivity contribution in [1.29, 1.82) is 5.26 Å². The maximum absolute atomic E-state index is 11.8. The van der Waals surface area contributed by atoms with Gasteiger partial charge in [0.25, 0.3) is 0 Å². The zero-order valence-electron chi connectivity index (χ0n) is 17.1. The van der Waals surface area contributed by atoms with Gasteiger partial charge in [0.15, 0.2) is 0 Å². The summed E-state index contributed by atoms with van der Waals surface area (Å²) in [4.78, 5) is 18.3. The molecule has 1 aromatic carbocycles. The largest absolute Gasteiger partial charge is 0.457 e.